The molecule has 2 bridgehead atoms. The maximum atomic E-state index is 13.2. The number of hydrogen-bond acceptors (Lipinski definition) is 3. The Labute approximate surface area is 147 Å². The molecule has 4 atom stereocenters. The van der Waals surface area contributed by atoms with Crippen LogP contribution in [0.1, 0.15) is 50.4 Å². The molecule has 0 radical (unpaired) electrons. The van der Waals surface area contributed by atoms with Crippen molar-refractivity contribution in [2.75, 3.05) is 13.6 Å². The van der Waals surface area contributed by atoms with Crippen molar-refractivity contribution in [2.45, 2.75) is 70.6 Å². The molecular formula is C18H26F2N4O. The Morgan fingerprint density at radius 1 is 1.40 bits per heavy atom. The lowest BCUT2D eigenvalue weighted by Gasteiger charge is -2.50. The van der Waals surface area contributed by atoms with E-state index in [2.05, 4.69) is 24.0 Å². The van der Waals surface area contributed by atoms with Crippen LogP contribution in [0, 0.1) is 12.3 Å². The van der Waals surface area contributed by atoms with E-state index in [0.29, 0.717) is 24.3 Å². The van der Waals surface area contributed by atoms with Gasteiger partial charge in [0.15, 0.2) is 0 Å². The number of halogens is 2. The minimum atomic E-state index is -2.62. The molecule has 1 aliphatic carbocycles. The number of nitrogens with zero attached hydrogens (tertiary/aromatic N) is 4. The largest absolute Gasteiger partial charge is 0.336 e. The van der Waals surface area contributed by atoms with E-state index in [1.807, 2.05) is 4.90 Å². The molecule has 2 aliphatic heterocycles. The van der Waals surface area contributed by atoms with Gasteiger partial charge in [0.1, 0.15) is 12.2 Å². The van der Waals surface area contributed by atoms with Crippen LogP contribution in [-0.2, 0) is 11.3 Å². The van der Waals surface area contributed by atoms with Gasteiger partial charge in [0, 0.05) is 30.1 Å². The van der Waals surface area contributed by atoms with Crippen LogP contribution in [0.25, 0.3) is 0 Å². The molecule has 1 saturated carbocycles. The third-order valence-corrected chi connectivity index (χ3v) is 6.77. The number of carbonyl (C=O) groups is 1. The minimum Gasteiger partial charge on any atom is -0.336 e. The van der Waals surface area contributed by atoms with Crippen LogP contribution < -0.4 is 0 Å². The highest BCUT2D eigenvalue weighted by atomic mass is 19.3. The van der Waals surface area contributed by atoms with Gasteiger partial charge in [0.05, 0.1) is 5.69 Å². The molecule has 3 aliphatic rings. The summed E-state index contributed by atoms with van der Waals surface area (Å²) in [5.74, 6) is -0.0816. The van der Waals surface area contributed by atoms with E-state index >= 15 is 0 Å². The Morgan fingerprint density at radius 2 is 2.12 bits per heavy atom. The Bertz CT molecular complexity index is 691. The molecule has 0 unspecified atom stereocenters. The smallest absolute Gasteiger partial charge is 0.280 e. The van der Waals surface area contributed by atoms with Crippen molar-refractivity contribution < 1.29 is 13.6 Å². The first kappa shape index (κ1) is 16.9. The number of fused-ring (bicyclic) bond motifs is 1. The van der Waals surface area contributed by atoms with Crippen LogP contribution in [0.15, 0.2) is 6.07 Å². The number of amides is 1. The minimum absolute atomic E-state index is 0.0816. The van der Waals surface area contributed by atoms with Crippen LogP contribution in [-0.4, -0.2) is 57.2 Å². The van der Waals surface area contributed by atoms with Gasteiger partial charge in [-0.15, -0.1) is 0 Å². The summed E-state index contributed by atoms with van der Waals surface area (Å²) >= 11 is 0. The number of aromatic nitrogens is 2. The number of alkyl halides is 2. The van der Waals surface area contributed by atoms with Crippen molar-refractivity contribution in [1.82, 2.24) is 19.6 Å². The van der Waals surface area contributed by atoms with Crippen LogP contribution in [0.4, 0.5) is 8.78 Å². The van der Waals surface area contributed by atoms with E-state index in [9.17, 15) is 13.6 Å². The highest BCUT2D eigenvalue weighted by Gasteiger charge is 2.59. The second kappa shape index (κ2) is 5.76. The maximum Gasteiger partial charge on any atom is 0.280 e. The van der Waals surface area contributed by atoms with Crippen molar-refractivity contribution in [3.63, 3.8) is 0 Å². The number of hydrogen-bond donors (Lipinski definition) is 0. The molecular weight excluding hydrogens is 326 g/mol. The molecule has 3 heterocycles. The second-order valence-electron chi connectivity index (χ2n) is 8.21. The number of likely N-dealkylation sites (N-methyl/N-ethyl adjacent to an activating group) is 1. The van der Waals surface area contributed by atoms with Gasteiger partial charge >= 0.3 is 0 Å². The summed E-state index contributed by atoms with van der Waals surface area (Å²) in [5.41, 5.74) is 0.471. The van der Waals surface area contributed by atoms with E-state index in [4.69, 9.17) is 0 Å². The Kier molecular flexibility index (Phi) is 3.90. The van der Waals surface area contributed by atoms with Crippen LogP contribution in [0.2, 0.25) is 0 Å². The van der Waals surface area contributed by atoms with E-state index in [-0.39, 0.29) is 29.6 Å². The highest BCUT2D eigenvalue weighted by molar-refractivity contribution is 5.77. The molecule has 1 amide bonds. The zero-order chi connectivity index (χ0) is 17.9. The van der Waals surface area contributed by atoms with Gasteiger partial charge in [-0.2, -0.15) is 5.10 Å². The summed E-state index contributed by atoms with van der Waals surface area (Å²) in [5, 5.41) is 4.11. The molecule has 0 aromatic carbocycles. The first-order valence-electron chi connectivity index (χ1n) is 9.15. The van der Waals surface area contributed by atoms with Crippen molar-refractivity contribution in [1.29, 1.82) is 0 Å². The van der Waals surface area contributed by atoms with Gasteiger partial charge in [-0.3, -0.25) is 14.4 Å². The lowest BCUT2D eigenvalue weighted by Crippen LogP contribution is -2.58. The average molecular weight is 352 g/mol. The van der Waals surface area contributed by atoms with Crippen molar-refractivity contribution in [2.24, 2.45) is 5.41 Å². The predicted molar refractivity (Wildman–Crippen MR) is 89.3 cm³/mol. The number of likely N-dealkylation sites (tertiary alicyclic amines) is 2. The Morgan fingerprint density at radius 3 is 2.84 bits per heavy atom. The summed E-state index contributed by atoms with van der Waals surface area (Å²) in [7, 11) is 2.17. The quantitative estimate of drug-likeness (QED) is 0.840. The fourth-order valence-corrected chi connectivity index (χ4v) is 5.66. The highest BCUT2D eigenvalue weighted by Crippen LogP contribution is 2.53. The topological polar surface area (TPSA) is 41.4 Å². The third kappa shape index (κ3) is 2.50. The number of piperidine rings is 1. The first-order chi connectivity index (χ1) is 11.8. The van der Waals surface area contributed by atoms with Crippen LogP contribution in [0.3, 0.4) is 0 Å². The molecule has 138 valence electrons. The third-order valence-electron chi connectivity index (χ3n) is 6.77. The van der Waals surface area contributed by atoms with E-state index < -0.39 is 6.43 Å². The molecule has 7 heteroatoms. The molecule has 4 rings (SSSR count). The Balaban J connectivity index is 1.59. The molecule has 2 saturated heterocycles. The molecule has 1 aromatic rings. The average Bonchev–Trinajstić information content (AvgIpc) is 3.03. The zero-order valence-corrected chi connectivity index (χ0v) is 15.1. The zero-order valence-electron chi connectivity index (χ0n) is 15.1. The Hall–Kier alpha value is -1.50. The van der Waals surface area contributed by atoms with Gasteiger partial charge in [0.2, 0.25) is 5.91 Å². The second-order valence-corrected chi connectivity index (χ2v) is 8.21. The van der Waals surface area contributed by atoms with Gasteiger partial charge < -0.3 is 4.90 Å². The fraction of sp³-hybridized carbons (Fsp3) is 0.778. The fourth-order valence-electron chi connectivity index (χ4n) is 5.66. The summed E-state index contributed by atoms with van der Waals surface area (Å²) in [4.78, 5) is 17.4. The number of rotatable bonds is 3. The predicted octanol–water partition coefficient (Wildman–Crippen LogP) is 2.60. The standard InChI is InChI=1S/C18H26F2N4O/c1-11-7-13(17(19)20)24(21-11)10-16(25)23-9-12-8-18(2)14(22(12)3)5-4-6-15(18)23/h7,12,14-15,17H,4-6,8-10H2,1-3H3/t12-,14-,15+,18-/m0/s1. The first-order valence-corrected chi connectivity index (χ1v) is 9.15. The summed E-state index contributed by atoms with van der Waals surface area (Å²) in [6.07, 6.45) is 1.84. The lowest BCUT2D eigenvalue weighted by atomic mass is 9.66. The van der Waals surface area contributed by atoms with Crippen molar-refractivity contribution >= 4 is 5.91 Å². The number of carbonyl (C=O) groups excluding carboxylic acids is 1. The van der Waals surface area contributed by atoms with Crippen LogP contribution in [0.5, 0.6) is 0 Å². The molecule has 5 nitrogen and oxygen atoms in total. The monoisotopic (exact) mass is 352 g/mol. The van der Waals surface area contributed by atoms with E-state index in [1.54, 1.807) is 6.92 Å². The molecule has 0 N–H and O–H groups in total. The van der Waals surface area contributed by atoms with E-state index in [1.165, 1.54) is 17.2 Å². The van der Waals surface area contributed by atoms with Crippen LogP contribution >= 0.6 is 0 Å². The molecule has 1 aromatic heterocycles. The number of aryl methyl sites for hydroxylation is 1. The molecule has 25 heavy (non-hydrogen) atoms. The van der Waals surface area contributed by atoms with Gasteiger partial charge in [-0.1, -0.05) is 6.92 Å². The summed E-state index contributed by atoms with van der Waals surface area (Å²) < 4.78 is 27.6. The van der Waals surface area contributed by atoms with Gasteiger partial charge in [0.25, 0.3) is 6.43 Å². The van der Waals surface area contributed by atoms with Crippen molar-refractivity contribution in [3.8, 4) is 0 Å². The SMILES string of the molecule is Cc1cc(C(F)F)n(CC(=O)N2C[C@@H]3C[C@@]4(C)[C@H](CCC[C@@H]24)N3C)n1. The van der Waals surface area contributed by atoms with Gasteiger partial charge in [-0.05, 0) is 45.7 Å². The lowest BCUT2D eigenvalue weighted by molar-refractivity contribution is -0.140. The van der Waals surface area contributed by atoms with Gasteiger partial charge in [-0.25, -0.2) is 8.78 Å². The van der Waals surface area contributed by atoms with Crippen molar-refractivity contribution in [3.05, 3.63) is 17.5 Å². The molecule has 0 spiro atoms. The molecule has 3 fully saturated rings. The maximum absolute atomic E-state index is 13.2. The van der Waals surface area contributed by atoms with E-state index in [0.717, 1.165) is 19.3 Å². The summed E-state index contributed by atoms with van der Waals surface area (Å²) in [6, 6.07) is 2.48. The summed E-state index contributed by atoms with van der Waals surface area (Å²) in [6.45, 7) is 4.59. The normalized spacial score (nSPS) is 34.8.